The molecule has 2 N–H and O–H groups in total. The van der Waals surface area contributed by atoms with Crippen LogP contribution in [0, 0.1) is 5.92 Å². The molecule has 1 atom stereocenters. The van der Waals surface area contributed by atoms with Crippen LogP contribution in [0.1, 0.15) is 6.42 Å². The molecule has 0 radical (unpaired) electrons. The molecule has 1 fully saturated rings. The van der Waals surface area contributed by atoms with E-state index in [-0.39, 0.29) is 5.56 Å². The second-order valence-electron chi connectivity index (χ2n) is 4.42. The van der Waals surface area contributed by atoms with Gasteiger partial charge in [-0.15, -0.1) is 0 Å². The predicted octanol–water partition coefficient (Wildman–Crippen LogP) is 0.129. The minimum atomic E-state index is 0.0806. The number of nitrogens with two attached hydrogens (primary N) is 1. The predicted molar refractivity (Wildman–Crippen MR) is 64.3 cm³/mol. The molecule has 1 saturated heterocycles. The van der Waals surface area contributed by atoms with Crippen LogP contribution in [-0.4, -0.2) is 35.6 Å². The van der Waals surface area contributed by atoms with Crippen LogP contribution < -0.4 is 11.3 Å². The van der Waals surface area contributed by atoms with Crippen molar-refractivity contribution in [3.63, 3.8) is 0 Å². The van der Waals surface area contributed by atoms with Gasteiger partial charge in [0, 0.05) is 31.9 Å². The minimum Gasteiger partial charge on any atom is -0.330 e. The van der Waals surface area contributed by atoms with Crippen LogP contribution in [0.3, 0.4) is 0 Å². The van der Waals surface area contributed by atoms with Crippen LogP contribution >= 0.6 is 0 Å². The van der Waals surface area contributed by atoms with Gasteiger partial charge >= 0.3 is 0 Å². The summed E-state index contributed by atoms with van der Waals surface area (Å²) in [5.74, 6) is 0.646. The SMILES string of the molecule is NCC1CCN(CCn2ccccc2=O)C1. The highest BCUT2D eigenvalue weighted by atomic mass is 16.1. The fourth-order valence-corrected chi connectivity index (χ4v) is 2.20. The Hall–Kier alpha value is -1.13. The Labute approximate surface area is 95.7 Å². The number of pyridine rings is 1. The van der Waals surface area contributed by atoms with E-state index in [4.69, 9.17) is 5.73 Å². The number of aromatic nitrogens is 1. The number of hydrogen-bond acceptors (Lipinski definition) is 3. The van der Waals surface area contributed by atoms with Gasteiger partial charge in [0.25, 0.3) is 5.56 Å². The molecule has 0 amide bonds. The van der Waals surface area contributed by atoms with Crippen molar-refractivity contribution in [3.8, 4) is 0 Å². The van der Waals surface area contributed by atoms with Gasteiger partial charge < -0.3 is 15.2 Å². The van der Waals surface area contributed by atoms with Crippen LogP contribution in [0.15, 0.2) is 29.2 Å². The van der Waals surface area contributed by atoms with Crippen molar-refractivity contribution in [2.75, 3.05) is 26.2 Å². The fraction of sp³-hybridized carbons (Fsp3) is 0.583. The van der Waals surface area contributed by atoms with E-state index in [2.05, 4.69) is 4.90 Å². The monoisotopic (exact) mass is 221 g/mol. The van der Waals surface area contributed by atoms with Crippen molar-refractivity contribution in [1.82, 2.24) is 9.47 Å². The maximum Gasteiger partial charge on any atom is 0.250 e. The van der Waals surface area contributed by atoms with Gasteiger partial charge in [0.05, 0.1) is 0 Å². The first-order chi connectivity index (χ1) is 7.79. The van der Waals surface area contributed by atoms with E-state index in [1.165, 1.54) is 6.42 Å². The second kappa shape index (κ2) is 5.27. The lowest BCUT2D eigenvalue weighted by Crippen LogP contribution is -2.29. The first kappa shape index (κ1) is 11.4. The number of likely N-dealkylation sites (tertiary alicyclic amines) is 1. The minimum absolute atomic E-state index is 0.0806. The average molecular weight is 221 g/mol. The highest BCUT2D eigenvalue weighted by Gasteiger charge is 2.20. The lowest BCUT2D eigenvalue weighted by Gasteiger charge is -2.16. The maximum atomic E-state index is 11.5. The summed E-state index contributed by atoms with van der Waals surface area (Å²) in [4.78, 5) is 13.9. The summed E-state index contributed by atoms with van der Waals surface area (Å²) in [6.07, 6.45) is 3.04. The van der Waals surface area contributed by atoms with Gasteiger partial charge in [-0.2, -0.15) is 0 Å². The van der Waals surface area contributed by atoms with E-state index >= 15 is 0 Å². The molecular weight excluding hydrogens is 202 g/mol. The molecule has 1 aromatic heterocycles. The summed E-state index contributed by atoms with van der Waals surface area (Å²) in [7, 11) is 0. The van der Waals surface area contributed by atoms with E-state index in [1.54, 1.807) is 16.7 Å². The molecule has 1 aromatic rings. The zero-order chi connectivity index (χ0) is 11.4. The summed E-state index contributed by atoms with van der Waals surface area (Å²) in [5, 5.41) is 0. The largest absolute Gasteiger partial charge is 0.330 e. The van der Waals surface area contributed by atoms with E-state index in [9.17, 15) is 4.79 Å². The van der Waals surface area contributed by atoms with Crippen molar-refractivity contribution in [3.05, 3.63) is 34.7 Å². The summed E-state index contributed by atoms with van der Waals surface area (Å²) >= 11 is 0. The standard InChI is InChI=1S/C12H19N3O/c13-9-11-4-6-14(10-11)7-8-15-5-2-1-3-12(15)16/h1-3,5,11H,4,6-10,13H2. The van der Waals surface area contributed by atoms with Crippen molar-refractivity contribution >= 4 is 0 Å². The molecule has 0 aromatic carbocycles. The molecule has 4 nitrogen and oxygen atoms in total. The third-order valence-corrected chi connectivity index (χ3v) is 3.26. The Morgan fingerprint density at radius 2 is 2.25 bits per heavy atom. The molecule has 0 aliphatic carbocycles. The Bertz CT molecular complexity index is 388. The van der Waals surface area contributed by atoms with Gasteiger partial charge in [-0.1, -0.05) is 6.07 Å². The number of hydrogen-bond donors (Lipinski definition) is 1. The quantitative estimate of drug-likeness (QED) is 0.786. The first-order valence-electron chi connectivity index (χ1n) is 5.87. The molecule has 0 bridgehead atoms. The topological polar surface area (TPSA) is 51.3 Å². The van der Waals surface area contributed by atoms with Crippen molar-refractivity contribution < 1.29 is 0 Å². The average Bonchev–Trinajstić information content (AvgIpc) is 2.76. The van der Waals surface area contributed by atoms with Gasteiger partial charge in [0.1, 0.15) is 0 Å². The van der Waals surface area contributed by atoms with Crippen LogP contribution in [0.2, 0.25) is 0 Å². The number of rotatable bonds is 4. The molecule has 4 heteroatoms. The first-order valence-corrected chi connectivity index (χ1v) is 5.87. The van der Waals surface area contributed by atoms with Gasteiger partial charge in [-0.25, -0.2) is 0 Å². The van der Waals surface area contributed by atoms with E-state index in [0.717, 1.165) is 32.7 Å². The van der Waals surface area contributed by atoms with Gasteiger partial charge in [-0.3, -0.25) is 4.79 Å². The molecule has 16 heavy (non-hydrogen) atoms. The summed E-state index contributed by atoms with van der Waals surface area (Å²) in [6, 6.07) is 5.28. The lowest BCUT2D eigenvalue weighted by atomic mass is 10.1. The van der Waals surface area contributed by atoms with Crippen molar-refractivity contribution in [1.29, 1.82) is 0 Å². The van der Waals surface area contributed by atoms with Crippen molar-refractivity contribution in [2.45, 2.75) is 13.0 Å². The fourth-order valence-electron chi connectivity index (χ4n) is 2.20. The molecule has 1 aliphatic heterocycles. The van der Waals surface area contributed by atoms with Crippen LogP contribution in [0.5, 0.6) is 0 Å². The highest BCUT2D eigenvalue weighted by Crippen LogP contribution is 2.13. The molecule has 1 unspecified atom stereocenters. The molecule has 88 valence electrons. The third-order valence-electron chi connectivity index (χ3n) is 3.26. The van der Waals surface area contributed by atoms with Crippen molar-refractivity contribution in [2.24, 2.45) is 11.7 Å². The summed E-state index contributed by atoms with van der Waals surface area (Å²) < 4.78 is 1.76. The molecule has 2 heterocycles. The lowest BCUT2D eigenvalue weighted by molar-refractivity contribution is 0.309. The zero-order valence-corrected chi connectivity index (χ0v) is 9.51. The number of nitrogens with zero attached hydrogens (tertiary/aromatic N) is 2. The molecule has 0 spiro atoms. The zero-order valence-electron chi connectivity index (χ0n) is 9.51. The van der Waals surface area contributed by atoms with Gasteiger partial charge in [-0.05, 0) is 31.5 Å². The smallest absolute Gasteiger partial charge is 0.250 e. The molecule has 2 rings (SSSR count). The van der Waals surface area contributed by atoms with Crippen LogP contribution in [0.4, 0.5) is 0 Å². The van der Waals surface area contributed by atoms with E-state index < -0.39 is 0 Å². The van der Waals surface area contributed by atoms with Gasteiger partial charge in [0.15, 0.2) is 0 Å². The Morgan fingerprint density at radius 1 is 1.38 bits per heavy atom. The Kier molecular flexibility index (Phi) is 3.74. The molecular formula is C12H19N3O. The van der Waals surface area contributed by atoms with E-state index in [0.29, 0.717) is 5.92 Å². The maximum absolute atomic E-state index is 11.5. The Morgan fingerprint density at radius 3 is 2.94 bits per heavy atom. The summed E-state index contributed by atoms with van der Waals surface area (Å²) in [6.45, 7) is 4.70. The second-order valence-corrected chi connectivity index (χ2v) is 4.42. The normalized spacial score (nSPS) is 21.4. The van der Waals surface area contributed by atoms with Crippen LogP contribution in [-0.2, 0) is 6.54 Å². The third kappa shape index (κ3) is 2.71. The highest BCUT2D eigenvalue weighted by molar-refractivity contribution is 4.93. The molecule has 1 aliphatic rings. The van der Waals surface area contributed by atoms with E-state index in [1.807, 2.05) is 12.3 Å². The summed E-state index contributed by atoms with van der Waals surface area (Å²) in [5.41, 5.74) is 5.73. The van der Waals surface area contributed by atoms with Gasteiger partial charge in [0.2, 0.25) is 0 Å². The Balaban J connectivity index is 1.85. The molecule has 0 saturated carbocycles. The van der Waals surface area contributed by atoms with Crippen LogP contribution in [0.25, 0.3) is 0 Å².